The number of aryl methyl sites for hydroxylation is 1. The van der Waals surface area contributed by atoms with Crippen molar-refractivity contribution in [2.24, 2.45) is 0 Å². The molecule has 2 bridgehead atoms. The number of pyridine rings is 2. The van der Waals surface area contributed by atoms with Gasteiger partial charge in [0.15, 0.2) is 0 Å². The lowest BCUT2D eigenvalue weighted by molar-refractivity contribution is 0.0258. The van der Waals surface area contributed by atoms with Gasteiger partial charge in [0.1, 0.15) is 16.2 Å². The average Bonchev–Trinajstić information content (AvgIpc) is 3.18. The van der Waals surface area contributed by atoms with Gasteiger partial charge in [-0.3, -0.25) is 9.59 Å². The summed E-state index contributed by atoms with van der Waals surface area (Å²) in [4.78, 5) is 31.5. The Labute approximate surface area is 137 Å². The zero-order valence-corrected chi connectivity index (χ0v) is 13.4. The summed E-state index contributed by atoms with van der Waals surface area (Å²) in [5.41, 5.74) is 0.720. The Morgan fingerprint density at radius 1 is 1.48 bits per heavy atom. The maximum absolute atomic E-state index is 12.9. The highest BCUT2D eigenvalue weighted by Crippen LogP contribution is 2.29. The molecule has 4 rings (SSSR count). The van der Waals surface area contributed by atoms with Crippen molar-refractivity contribution in [2.75, 3.05) is 13.2 Å². The van der Waals surface area contributed by atoms with Gasteiger partial charge >= 0.3 is 0 Å². The van der Waals surface area contributed by atoms with Gasteiger partial charge in [0.05, 0.1) is 24.3 Å². The summed E-state index contributed by atoms with van der Waals surface area (Å²) in [7, 11) is 0. The second kappa shape index (κ2) is 5.32. The number of fused-ring (bicyclic) bond motifs is 3. The van der Waals surface area contributed by atoms with Crippen LogP contribution in [0.4, 0.5) is 0 Å². The number of likely N-dealkylation sites (tertiary alicyclic amines) is 1. The molecule has 0 saturated carbocycles. The number of amides is 1. The van der Waals surface area contributed by atoms with Gasteiger partial charge in [-0.1, -0.05) is 11.6 Å². The molecule has 0 N–H and O–H groups in total. The molecule has 0 spiro atoms. The molecule has 23 heavy (non-hydrogen) atoms. The van der Waals surface area contributed by atoms with Crippen LogP contribution in [0.25, 0.3) is 11.0 Å². The third kappa shape index (κ3) is 2.24. The van der Waals surface area contributed by atoms with Crippen LogP contribution in [0.3, 0.4) is 0 Å². The monoisotopic (exact) mass is 333 g/mol. The van der Waals surface area contributed by atoms with E-state index >= 15 is 0 Å². The molecule has 120 valence electrons. The van der Waals surface area contributed by atoms with Crippen LogP contribution in [0, 0.1) is 0 Å². The Kier molecular flexibility index (Phi) is 3.39. The van der Waals surface area contributed by atoms with E-state index in [0.29, 0.717) is 25.2 Å². The lowest BCUT2D eigenvalue weighted by atomic mass is 10.1. The van der Waals surface area contributed by atoms with Gasteiger partial charge in [0.25, 0.3) is 5.91 Å². The van der Waals surface area contributed by atoms with E-state index in [1.165, 1.54) is 0 Å². The minimum absolute atomic E-state index is 0.0741. The minimum Gasteiger partial charge on any atom is -0.374 e. The van der Waals surface area contributed by atoms with Crippen LogP contribution in [0.5, 0.6) is 0 Å². The molecule has 2 saturated heterocycles. The third-order valence-electron chi connectivity index (χ3n) is 4.63. The van der Waals surface area contributed by atoms with E-state index in [4.69, 9.17) is 16.3 Å². The number of carbonyl (C=O) groups excluding carboxylic acids is 1. The van der Waals surface area contributed by atoms with Crippen LogP contribution in [-0.4, -0.2) is 45.7 Å². The summed E-state index contributed by atoms with van der Waals surface area (Å²) in [6, 6.07) is 3.48. The molecule has 4 heterocycles. The van der Waals surface area contributed by atoms with E-state index in [2.05, 4.69) is 4.98 Å². The first-order chi connectivity index (χ1) is 11.1. The second-order valence-corrected chi connectivity index (χ2v) is 6.35. The molecule has 7 heteroatoms. The number of ether oxygens (including phenoxy) is 1. The summed E-state index contributed by atoms with van der Waals surface area (Å²) in [6.07, 6.45) is 2.59. The maximum Gasteiger partial charge on any atom is 0.259 e. The minimum atomic E-state index is -0.360. The Morgan fingerprint density at radius 2 is 2.30 bits per heavy atom. The molecular formula is C16H16ClN3O3. The van der Waals surface area contributed by atoms with E-state index in [-0.39, 0.29) is 39.7 Å². The number of nitrogens with zero attached hydrogens (tertiary/aromatic N) is 3. The molecule has 2 atom stereocenters. The number of carbonyl (C=O) groups is 1. The van der Waals surface area contributed by atoms with Crippen LogP contribution in [0.2, 0.25) is 5.15 Å². The van der Waals surface area contributed by atoms with E-state index in [0.717, 1.165) is 6.42 Å². The zero-order valence-electron chi connectivity index (χ0n) is 12.7. The van der Waals surface area contributed by atoms with Crippen molar-refractivity contribution in [3.8, 4) is 0 Å². The lowest BCUT2D eigenvalue weighted by Crippen LogP contribution is -2.43. The highest BCUT2D eigenvalue weighted by molar-refractivity contribution is 6.29. The lowest BCUT2D eigenvalue weighted by Gasteiger charge is -2.27. The van der Waals surface area contributed by atoms with Gasteiger partial charge in [-0.2, -0.15) is 0 Å². The van der Waals surface area contributed by atoms with Crippen LogP contribution in [0.1, 0.15) is 23.7 Å². The van der Waals surface area contributed by atoms with Gasteiger partial charge < -0.3 is 14.2 Å². The van der Waals surface area contributed by atoms with Gasteiger partial charge in [-0.15, -0.1) is 0 Å². The number of aromatic nitrogens is 2. The summed E-state index contributed by atoms with van der Waals surface area (Å²) in [5.74, 6) is -0.239. The van der Waals surface area contributed by atoms with Crippen molar-refractivity contribution in [3.63, 3.8) is 0 Å². The van der Waals surface area contributed by atoms with Crippen molar-refractivity contribution < 1.29 is 9.53 Å². The molecule has 2 aliphatic rings. The number of halogens is 1. The van der Waals surface area contributed by atoms with Gasteiger partial charge in [-0.05, 0) is 25.5 Å². The average molecular weight is 334 g/mol. The molecule has 0 aromatic carbocycles. The first-order valence-electron chi connectivity index (χ1n) is 7.70. The molecule has 2 fully saturated rings. The van der Waals surface area contributed by atoms with Gasteiger partial charge in [-0.25, -0.2) is 4.98 Å². The number of morpholine rings is 1. The zero-order chi connectivity index (χ0) is 16.1. The molecule has 2 aromatic heterocycles. The van der Waals surface area contributed by atoms with Gasteiger partial charge in [0, 0.05) is 19.3 Å². The topological polar surface area (TPSA) is 64.4 Å². The fourth-order valence-electron chi connectivity index (χ4n) is 3.46. The largest absolute Gasteiger partial charge is 0.374 e. The van der Waals surface area contributed by atoms with Crippen molar-refractivity contribution >= 4 is 28.5 Å². The Morgan fingerprint density at radius 3 is 2.96 bits per heavy atom. The number of hydrogen-bond acceptors (Lipinski definition) is 4. The van der Waals surface area contributed by atoms with Crippen molar-refractivity contribution in [1.82, 2.24) is 14.5 Å². The number of hydrogen-bond donors (Lipinski definition) is 0. The molecule has 1 amide bonds. The Hall–Kier alpha value is -1.92. The first-order valence-corrected chi connectivity index (χ1v) is 8.08. The van der Waals surface area contributed by atoms with Crippen LogP contribution < -0.4 is 5.43 Å². The normalized spacial score (nSPS) is 23.0. The van der Waals surface area contributed by atoms with Gasteiger partial charge in [0.2, 0.25) is 5.43 Å². The Balaban J connectivity index is 1.85. The Bertz CT molecular complexity index is 864. The molecule has 2 aliphatic heterocycles. The maximum atomic E-state index is 12.9. The predicted octanol–water partition coefficient (Wildman–Crippen LogP) is 1.68. The van der Waals surface area contributed by atoms with Crippen LogP contribution in [0.15, 0.2) is 23.1 Å². The van der Waals surface area contributed by atoms with Crippen LogP contribution in [-0.2, 0) is 11.3 Å². The second-order valence-electron chi connectivity index (χ2n) is 5.96. The molecule has 0 unspecified atom stereocenters. The highest BCUT2D eigenvalue weighted by Gasteiger charge is 2.42. The van der Waals surface area contributed by atoms with E-state index in [1.807, 2.05) is 11.5 Å². The quantitative estimate of drug-likeness (QED) is 0.784. The number of rotatable bonds is 2. The van der Waals surface area contributed by atoms with E-state index < -0.39 is 0 Å². The molecular weight excluding hydrogens is 318 g/mol. The molecule has 2 aromatic rings. The third-order valence-corrected chi connectivity index (χ3v) is 4.84. The van der Waals surface area contributed by atoms with E-state index in [1.54, 1.807) is 23.2 Å². The van der Waals surface area contributed by atoms with Crippen LogP contribution >= 0.6 is 11.6 Å². The van der Waals surface area contributed by atoms with Crippen molar-refractivity contribution in [1.29, 1.82) is 0 Å². The van der Waals surface area contributed by atoms with E-state index in [9.17, 15) is 9.59 Å². The summed E-state index contributed by atoms with van der Waals surface area (Å²) in [5, 5.41) is 0.246. The highest BCUT2D eigenvalue weighted by atomic mass is 35.5. The standard InChI is InChI=1S/C16H16ClN3O3/c1-2-19-7-11(15(21)14-12(19)3-4-13(17)18-14)16(22)20-6-10-5-9(20)8-23-10/h3-4,7,9-10H,2,5-6,8H2,1H3/t9-,10-/m1/s1. The fourth-order valence-corrected chi connectivity index (χ4v) is 3.60. The summed E-state index contributed by atoms with van der Waals surface area (Å²) >= 11 is 5.93. The van der Waals surface area contributed by atoms with Crippen molar-refractivity contribution in [2.45, 2.75) is 32.0 Å². The SMILES string of the molecule is CCn1cc(C(=O)N2C[C@H]3C[C@@H]2CO3)c(=O)c2nc(Cl)ccc21. The summed E-state index contributed by atoms with van der Waals surface area (Å²) < 4.78 is 7.38. The molecule has 0 radical (unpaired) electrons. The molecule has 0 aliphatic carbocycles. The molecule has 6 nitrogen and oxygen atoms in total. The van der Waals surface area contributed by atoms with Crippen molar-refractivity contribution in [3.05, 3.63) is 39.3 Å². The first kappa shape index (κ1) is 14.7. The smallest absolute Gasteiger partial charge is 0.259 e. The predicted molar refractivity (Wildman–Crippen MR) is 85.9 cm³/mol. The summed E-state index contributed by atoms with van der Waals surface area (Å²) in [6.45, 7) is 3.69. The fraction of sp³-hybridized carbons (Fsp3) is 0.438.